The highest BCUT2D eigenvalue weighted by molar-refractivity contribution is 5.95. The Bertz CT molecular complexity index is 902. The van der Waals surface area contributed by atoms with Crippen molar-refractivity contribution in [3.05, 3.63) is 41.4 Å². The number of aromatic nitrogens is 2. The number of fused-ring (bicyclic) bond motifs is 2. The van der Waals surface area contributed by atoms with E-state index in [1.807, 2.05) is 11.8 Å². The van der Waals surface area contributed by atoms with Crippen LogP contribution in [0.3, 0.4) is 0 Å². The average molecular weight is 382 g/mol. The molecule has 2 amide bonds. The van der Waals surface area contributed by atoms with Gasteiger partial charge in [0.1, 0.15) is 5.76 Å². The monoisotopic (exact) mass is 382 g/mol. The van der Waals surface area contributed by atoms with Gasteiger partial charge in [-0.15, -0.1) is 0 Å². The highest BCUT2D eigenvalue weighted by atomic mass is 16.3. The van der Waals surface area contributed by atoms with E-state index in [-0.39, 0.29) is 23.3 Å². The Kier molecular flexibility index (Phi) is 4.07. The summed E-state index contributed by atoms with van der Waals surface area (Å²) in [6, 6.07) is 1.74. The normalized spacial score (nSPS) is 21.5. The van der Waals surface area contributed by atoms with Gasteiger partial charge in [0, 0.05) is 37.7 Å². The molecule has 0 unspecified atom stereocenters. The van der Waals surface area contributed by atoms with Gasteiger partial charge in [-0.1, -0.05) is 6.42 Å². The molecule has 2 aromatic rings. The number of aryl methyl sites for hydroxylation is 1. The van der Waals surface area contributed by atoms with E-state index in [1.54, 1.807) is 18.7 Å². The summed E-state index contributed by atoms with van der Waals surface area (Å²) in [7, 11) is 0. The topological polar surface area (TPSA) is 82.4 Å². The van der Waals surface area contributed by atoms with Crippen LogP contribution in [0.4, 0.5) is 0 Å². The maximum atomic E-state index is 13.2. The lowest BCUT2D eigenvalue weighted by Gasteiger charge is -2.51. The number of hydrogen-bond acceptors (Lipinski definition) is 4. The van der Waals surface area contributed by atoms with Gasteiger partial charge in [-0.2, -0.15) is 0 Å². The van der Waals surface area contributed by atoms with Crippen molar-refractivity contribution < 1.29 is 14.0 Å². The summed E-state index contributed by atoms with van der Waals surface area (Å²) in [4.78, 5) is 38.0. The summed E-state index contributed by atoms with van der Waals surface area (Å²) < 4.78 is 5.30. The first-order valence-electron chi connectivity index (χ1n) is 10.3. The first-order chi connectivity index (χ1) is 13.6. The van der Waals surface area contributed by atoms with E-state index in [0.29, 0.717) is 24.4 Å². The number of carbonyl (C=O) groups is 2. The molecule has 28 heavy (non-hydrogen) atoms. The second-order valence-corrected chi connectivity index (χ2v) is 8.31. The Labute approximate surface area is 164 Å². The quantitative estimate of drug-likeness (QED) is 0.866. The fourth-order valence-electron chi connectivity index (χ4n) is 5.04. The minimum Gasteiger partial charge on any atom is -0.469 e. The summed E-state index contributed by atoms with van der Waals surface area (Å²) in [5.74, 6) is 1.12. The van der Waals surface area contributed by atoms with Gasteiger partial charge in [0.25, 0.3) is 5.91 Å². The lowest BCUT2D eigenvalue weighted by atomic mass is 9.76. The van der Waals surface area contributed by atoms with Gasteiger partial charge in [0.2, 0.25) is 5.91 Å². The number of imidazole rings is 1. The molecular weight excluding hydrogens is 356 g/mol. The van der Waals surface area contributed by atoms with Crippen molar-refractivity contribution in [3.8, 4) is 0 Å². The van der Waals surface area contributed by atoms with Crippen LogP contribution in [0.5, 0.6) is 0 Å². The molecule has 1 spiro atoms. The summed E-state index contributed by atoms with van der Waals surface area (Å²) in [5, 5.41) is 0. The number of piperidine rings is 1. The van der Waals surface area contributed by atoms with E-state index < -0.39 is 0 Å². The minimum absolute atomic E-state index is 0.0102. The molecule has 1 aliphatic carbocycles. The van der Waals surface area contributed by atoms with Gasteiger partial charge in [-0.25, -0.2) is 4.98 Å². The van der Waals surface area contributed by atoms with Crippen LogP contribution in [0.25, 0.3) is 0 Å². The van der Waals surface area contributed by atoms with Crippen molar-refractivity contribution in [3.63, 3.8) is 0 Å². The first kappa shape index (κ1) is 17.5. The van der Waals surface area contributed by atoms with Crippen molar-refractivity contribution in [2.75, 3.05) is 19.6 Å². The molecule has 2 aliphatic heterocycles. The highest BCUT2D eigenvalue weighted by Crippen LogP contribution is 2.44. The molecule has 0 bridgehead atoms. The molecule has 148 valence electrons. The van der Waals surface area contributed by atoms with Gasteiger partial charge >= 0.3 is 0 Å². The third-order valence-electron chi connectivity index (χ3n) is 6.95. The molecular formula is C21H26N4O3. The molecule has 0 radical (unpaired) electrons. The maximum Gasteiger partial charge on any atom is 0.257 e. The van der Waals surface area contributed by atoms with Crippen LogP contribution >= 0.6 is 0 Å². The van der Waals surface area contributed by atoms with Crippen molar-refractivity contribution in [1.29, 1.82) is 0 Å². The van der Waals surface area contributed by atoms with E-state index in [4.69, 9.17) is 4.42 Å². The largest absolute Gasteiger partial charge is 0.469 e. The molecule has 1 saturated carbocycles. The average Bonchev–Trinajstić information content (AvgIpc) is 3.30. The fraction of sp³-hybridized carbons (Fsp3) is 0.571. The van der Waals surface area contributed by atoms with Crippen LogP contribution in [-0.2, 0) is 16.8 Å². The van der Waals surface area contributed by atoms with E-state index in [0.717, 1.165) is 56.5 Å². The Hall–Kier alpha value is -2.57. The molecule has 1 N–H and O–H groups in total. The molecule has 5 rings (SSSR count). The number of H-pyrrole nitrogens is 1. The number of nitrogens with zero attached hydrogens (tertiary/aromatic N) is 3. The second kappa shape index (κ2) is 6.50. The third-order valence-corrected chi connectivity index (χ3v) is 6.95. The third kappa shape index (κ3) is 2.52. The van der Waals surface area contributed by atoms with Gasteiger partial charge < -0.3 is 19.2 Å². The van der Waals surface area contributed by atoms with E-state index >= 15 is 0 Å². The molecule has 0 atom stereocenters. The van der Waals surface area contributed by atoms with E-state index in [1.165, 1.54) is 0 Å². The van der Waals surface area contributed by atoms with Gasteiger partial charge in [-0.05, 0) is 38.7 Å². The van der Waals surface area contributed by atoms with Crippen molar-refractivity contribution in [2.45, 2.75) is 51.0 Å². The van der Waals surface area contributed by atoms with E-state index in [2.05, 4.69) is 14.9 Å². The molecule has 2 fully saturated rings. The summed E-state index contributed by atoms with van der Waals surface area (Å²) in [5.41, 5.74) is 2.39. The summed E-state index contributed by atoms with van der Waals surface area (Å²) in [6.07, 6.45) is 8.74. The number of furan rings is 1. The van der Waals surface area contributed by atoms with Crippen LogP contribution in [0.1, 0.15) is 59.6 Å². The van der Waals surface area contributed by atoms with E-state index in [9.17, 15) is 9.59 Å². The minimum atomic E-state index is -0.386. The number of likely N-dealkylation sites (tertiary alicyclic amines) is 1. The number of hydrogen-bond donors (Lipinski definition) is 1. The lowest BCUT2D eigenvalue weighted by molar-refractivity contribution is -0.148. The predicted molar refractivity (Wildman–Crippen MR) is 102 cm³/mol. The molecule has 2 aromatic heterocycles. The van der Waals surface area contributed by atoms with Crippen LogP contribution in [0.2, 0.25) is 0 Å². The Morgan fingerprint density at radius 1 is 1.25 bits per heavy atom. The summed E-state index contributed by atoms with van der Waals surface area (Å²) in [6.45, 7) is 3.78. The molecule has 7 heteroatoms. The fourth-order valence-corrected chi connectivity index (χ4v) is 5.04. The number of amides is 2. The van der Waals surface area contributed by atoms with Crippen molar-refractivity contribution >= 4 is 11.8 Å². The second-order valence-electron chi connectivity index (χ2n) is 8.31. The zero-order valence-corrected chi connectivity index (χ0v) is 16.2. The van der Waals surface area contributed by atoms with Gasteiger partial charge in [0.15, 0.2) is 0 Å². The zero-order chi connectivity index (χ0) is 19.3. The van der Waals surface area contributed by atoms with Crippen molar-refractivity contribution in [2.24, 2.45) is 5.92 Å². The van der Waals surface area contributed by atoms with Crippen LogP contribution in [0, 0.1) is 12.8 Å². The molecule has 7 nitrogen and oxygen atoms in total. The zero-order valence-electron chi connectivity index (χ0n) is 16.2. The van der Waals surface area contributed by atoms with Gasteiger partial charge in [0.05, 0.1) is 29.4 Å². The Morgan fingerprint density at radius 2 is 2.04 bits per heavy atom. The standard InChI is InChI=1S/C21H26N4O3/c1-14-16(6-12-28-14)20(27)24-10-7-21(8-11-24)18-17(22-13-23-18)5-9-25(21)19(26)15-3-2-4-15/h6,12-13,15H,2-5,7-11H2,1H3,(H,22,23). The molecule has 4 heterocycles. The smallest absolute Gasteiger partial charge is 0.257 e. The Balaban J connectivity index is 1.42. The number of carbonyl (C=O) groups excluding carboxylic acids is 2. The predicted octanol–water partition coefficient (Wildman–Crippen LogP) is 2.63. The molecule has 1 saturated heterocycles. The SMILES string of the molecule is Cc1occc1C(=O)N1CCC2(CC1)c1nc[nH]c1CCN2C(=O)C1CCC1. The molecule has 3 aliphatic rings. The van der Waals surface area contributed by atoms with Crippen LogP contribution in [0.15, 0.2) is 23.1 Å². The highest BCUT2D eigenvalue weighted by Gasteiger charge is 2.50. The summed E-state index contributed by atoms with van der Waals surface area (Å²) >= 11 is 0. The number of aromatic amines is 1. The number of rotatable bonds is 2. The van der Waals surface area contributed by atoms with Crippen molar-refractivity contribution in [1.82, 2.24) is 19.8 Å². The van der Waals surface area contributed by atoms with Gasteiger partial charge in [-0.3, -0.25) is 9.59 Å². The van der Waals surface area contributed by atoms with Crippen LogP contribution < -0.4 is 0 Å². The first-order valence-corrected chi connectivity index (χ1v) is 10.3. The lowest BCUT2D eigenvalue weighted by Crippen LogP contribution is -2.60. The Morgan fingerprint density at radius 3 is 2.68 bits per heavy atom. The maximum absolute atomic E-state index is 13.2. The number of nitrogens with one attached hydrogen (secondary N) is 1. The molecule has 0 aromatic carbocycles. The van der Waals surface area contributed by atoms with Crippen LogP contribution in [-0.4, -0.2) is 51.2 Å².